The molecule has 0 radical (unpaired) electrons. The third kappa shape index (κ3) is 8.39. The number of benzene rings is 4. The highest BCUT2D eigenvalue weighted by atomic mass is 16.6. The van der Waals surface area contributed by atoms with E-state index in [1.807, 2.05) is 121 Å². The number of allylic oxidation sites excluding steroid dienone is 1. The van der Waals surface area contributed by atoms with Crippen LogP contribution in [0.5, 0.6) is 0 Å². The molecule has 4 atom stereocenters. The lowest BCUT2D eigenvalue weighted by atomic mass is 9.96. The zero-order valence-electron chi connectivity index (χ0n) is 23.5. The van der Waals surface area contributed by atoms with E-state index in [-0.39, 0.29) is 6.61 Å². The maximum atomic E-state index is 9.68. The SMILES string of the molecule is N#C/C=C1\O[C@H](COCc2ccccc2)[C@@H](OCc2ccccc2)[C@H](OCc2ccccc2)[C@H]1OCc1ccccc1. The van der Waals surface area contributed by atoms with Crippen molar-refractivity contribution in [1.29, 1.82) is 5.26 Å². The normalized spacial score (nSPS) is 21.0. The second-order valence-electron chi connectivity index (χ2n) is 10.1. The summed E-state index contributed by atoms with van der Waals surface area (Å²) in [6.07, 6.45) is -0.918. The van der Waals surface area contributed by atoms with Gasteiger partial charge in [-0.25, -0.2) is 0 Å². The Morgan fingerprint density at radius 1 is 0.571 bits per heavy atom. The Bertz CT molecular complexity index is 1410. The van der Waals surface area contributed by atoms with Crippen LogP contribution in [0, 0.1) is 11.3 Å². The van der Waals surface area contributed by atoms with E-state index < -0.39 is 24.4 Å². The Labute approximate surface area is 247 Å². The van der Waals surface area contributed by atoms with Crippen LogP contribution in [0.3, 0.4) is 0 Å². The summed E-state index contributed by atoms with van der Waals surface area (Å²) >= 11 is 0. The van der Waals surface area contributed by atoms with E-state index in [2.05, 4.69) is 6.07 Å². The quantitative estimate of drug-likeness (QED) is 0.168. The van der Waals surface area contributed by atoms with Gasteiger partial charge in [-0.3, -0.25) is 0 Å². The number of rotatable bonds is 13. The molecule has 0 spiro atoms. The summed E-state index contributed by atoms with van der Waals surface area (Å²) in [4.78, 5) is 0. The van der Waals surface area contributed by atoms with E-state index in [0.717, 1.165) is 22.3 Å². The molecule has 42 heavy (non-hydrogen) atoms. The lowest BCUT2D eigenvalue weighted by Gasteiger charge is -2.43. The van der Waals surface area contributed by atoms with Gasteiger partial charge in [-0.2, -0.15) is 5.26 Å². The van der Waals surface area contributed by atoms with Gasteiger partial charge in [0.25, 0.3) is 0 Å². The van der Waals surface area contributed by atoms with Crippen molar-refractivity contribution in [2.75, 3.05) is 6.61 Å². The molecule has 0 bridgehead atoms. The molecular weight excluding hydrogens is 526 g/mol. The first kappa shape index (κ1) is 29.2. The van der Waals surface area contributed by atoms with Crippen molar-refractivity contribution in [2.45, 2.75) is 50.8 Å². The van der Waals surface area contributed by atoms with Crippen molar-refractivity contribution in [1.82, 2.24) is 0 Å². The smallest absolute Gasteiger partial charge is 0.150 e. The van der Waals surface area contributed by atoms with Gasteiger partial charge in [0.15, 0.2) is 6.10 Å². The summed E-state index contributed by atoms with van der Waals surface area (Å²) in [6.45, 7) is 1.70. The second-order valence-corrected chi connectivity index (χ2v) is 10.1. The van der Waals surface area contributed by atoms with Gasteiger partial charge < -0.3 is 23.7 Å². The van der Waals surface area contributed by atoms with Crippen LogP contribution < -0.4 is 0 Å². The van der Waals surface area contributed by atoms with E-state index in [4.69, 9.17) is 23.7 Å². The van der Waals surface area contributed by atoms with Gasteiger partial charge in [-0.05, 0) is 22.3 Å². The van der Waals surface area contributed by atoms with Crippen molar-refractivity contribution in [3.63, 3.8) is 0 Å². The number of ether oxygens (including phenoxy) is 5. The number of hydrogen-bond donors (Lipinski definition) is 0. The van der Waals surface area contributed by atoms with Crippen LogP contribution in [0.4, 0.5) is 0 Å². The summed E-state index contributed by atoms with van der Waals surface area (Å²) in [6, 6.07) is 42.0. The molecule has 0 saturated carbocycles. The molecule has 0 aliphatic carbocycles. The molecule has 214 valence electrons. The maximum absolute atomic E-state index is 9.68. The zero-order valence-corrected chi connectivity index (χ0v) is 23.5. The molecule has 0 N–H and O–H groups in total. The first-order chi connectivity index (χ1) is 20.8. The standard InChI is InChI=1S/C36H35NO5/c37-22-21-32-34(39-24-29-15-7-2-8-16-29)36(41-26-31-19-11-4-12-20-31)35(40-25-30-17-9-3-10-18-30)33(42-32)27-38-23-28-13-5-1-6-14-28/h1-21,33-36H,23-27H2/b32-21-/t33-,34+,35-,36-/m1/s1. The molecule has 0 aromatic heterocycles. The highest BCUT2D eigenvalue weighted by Gasteiger charge is 2.46. The highest BCUT2D eigenvalue weighted by Crippen LogP contribution is 2.33. The number of hydrogen-bond acceptors (Lipinski definition) is 6. The Hall–Kier alpha value is -4.25. The third-order valence-electron chi connectivity index (χ3n) is 7.00. The fourth-order valence-corrected chi connectivity index (χ4v) is 4.89. The highest BCUT2D eigenvalue weighted by molar-refractivity contribution is 5.21. The van der Waals surface area contributed by atoms with Crippen LogP contribution in [-0.4, -0.2) is 31.0 Å². The lowest BCUT2D eigenvalue weighted by molar-refractivity contribution is -0.223. The lowest BCUT2D eigenvalue weighted by Crippen LogP contribution is -2.56. The average molecular weight is 562 g/mol. The van der Waals surface area contributed by atoms with Gasteiger partial charge in [0.2, 0.25) is 0 Å². The maximum Gasteiger partial charge on any atom is 0.150 e. The second kappa shape index (κ2) is 15.7. The molecule has 6 nitrogen and oxygen atoms in total. The summed E-state index contributed by atoms with van der Waals surface area (Å²) in [7, 11) is 0. The fourth-order valence-electron chi connectivity index (χ4n) is 4.89. The van der Waals surface area contributed by atoms with Crippen LogP contribution in [0.25, 0.3) is 0 Å². The van der Waals surface area contributed by atoms with Crippen LogP contribution in [0.2, 0.25) is 0 Å². The molecular formula is C36H35NO5. The van der Waals surface area contributed by atoms with E-state index in [9.17, 15) is 5.26 Å². The molecule has 1 saturated heterocycles. The van der Waals surface area contributed by atoms with Gasteiger partial charge in [-0.15, -0.1) is 0 Å². The molecule has 0 unspecified atom stereocenters. The van der Waals surface area contributed by atoms with Crippen molar-refractivity contribution >= 4 is 0 Å². The van der Waals surface area contributed by atoms with Crippen molar-refractivity contribution in [3.8, 4) is 6.07 Å². The third-order valence-corrected chi connectivity index (χ3v) is 7.00. The first-order valence-corrected chi connectivity index (χ1v) is 14.1. The monoisotopic (exact) mass is 561 g/mol. The van der Waals surface area contributed by atoms with Crippen molar-refractivity contribution in [3.05, 3.63) is 155 Å². The molecule has 1 aliphatic rings. The molecule has 6 heteroatoms. The first-order valence-electron chi connectivity index (χ1n) is 14.1. The number of nitrogens with zero attached hydrogens (tertiary/aromatic N) is 1. The Morgan fingerprint density at radius 3 is 1.48 bits per heavy atom. The summed E-state index contributed by atoms with van der Waals surface area (Å²) < 4.78 is 32.2. The van der Waals surface area contributed by atoms with Crippen molar-refractivity contribution < 1.29 is 23.7 Å². The molecule has 1 aliphatic heterocycles. The van der Waals surface area contributed by atoms with E-state index in [1.165, 1.54) is 6.08 Å². The predicted octanol–water partition coefficient (Wildman–Crippen LogP) is 6.77. The summed E-state index contributed by atoms with van der Waals surface area (Å²) in [5.41, 5.74) is 4.12. The van der Waals surface area contributed by atoms with Gasteiger partial charge in [-0.1, -0.05) is 121 Å². The Morgan fingerprint density at radius 2 is 1.00 bits per heavy atom. The molecule has 4 aromatic rings. The minimum atomic E-state index is -0.667. The van der Waals surface area contributed by atoms with Gasteiger partial charge in [0.05, 0.1) is 45.2 Å². The molecule has 1 heterocycles. The average Bonchev–Trinajstić information content (AvgIpc) is 3.05. The Kier molecular flexibility index (Phi) is 10.9. The molecule has 4 aromatic carbocycles. The van der Waals surface area contributed by atoms with Crippen LogP contribution in [0.1, 0.15) is 22.3 Å². The summed E-state index contributed by atoms with van der Waals surface area (Å²) in [5, 5.41) is 9.68. The van der Waals surface area contributed by atoms with E-state index in [0.29, 0.717) is 32.2 Å². The van der Waals surface area contributed by atoms with Gasteiger partial charge in [0, 0.05) is 0 Å². The Balaban J connectivity index is 1.42. The topological polar surface area (TPSA) is 69.9 Å². The van der Waals surface area contributed by atoms with Crippen LogP contribution >= 0.6 is 0 Å². The summed E-state index contributed by atoms with van der Waals surface area (Å²) in [5.74, 6) is 0.402. The largest absolute Gasteiger partial charge is 0.486 e. The molecule has 0 amide bonds. The minimum Gasteiger partial charge on any atom is -0.486 e. The fraction of sp³-hybridized carbons (Fsp3) is 0.250. The molecule has 1 fully saturated rings. The van der Waals surface area contributed by atoms with Gasteiger partial charge >= 0.3 is 0 Å². The van der Waals surface area contributed by atoms with E-state index >= 15 is 0 Å². The minimum absolute atomic E-state index is 0.244. The van der Waals surface area contributed by atoms with E-state index in [1.54, 1.807) is 0 Å². The molecule has 5 rings (SSSR count). The van der Waals surface area contributed by atoms with Gasteiger partial charge in [0.1, 0.15) is 24.1 Å². The van der Waals surface area contributed by atoms with Crippen LogP contribution in [0.15, 0.2) is 133 Å². The van der Waals surface area contributed by atoms with Crippen molar-refractivity contribution in [2.24, 2.45) is 0 Å². The zero-order chi connectivity index (χ0) is 28.8. The predicted molar refractivity (Wildman–Crippen MR) is 160 cm³/mol. The number of nitriles is 1. The van der Waals surface area contributed by atoms with Crippen LogP contribution in [-0.2, 0) is 50.1 Å².